The second kappa shape index (κ2) is 14.8. The summed E-state index contributed by atoms with van der Waals surface area (Å²) in [5, 5.41) is 0. The Kier molecular flexibility index (Phi) is 10.1. The van der Waals surface area contributed by atoms with Gasteiger partial charge in [0.1, 0.15) is 25.4 Å². The second-order valence-corrected chi connectivity index (χ2v) is 20.8. The first-order chi connectivity index (χ1) is 28.2. The van der Waals surface area contributed by atoms with Crippen LogP contribution < -0.4 is 4.90 Å². The van der Waals surface area contributed by atoms with Crippen LogP contribution in [0, 0.1) is 51.2 Å². The van der Waals surface area contributed by atoms with Crippen LogP contribution in [0.1, 0.15) is 116 Å². The van der Waals surface area contributed by atoms with E-state index in [2.05, 4.69) is 71.6 Å². The molecule has 9 atom stereocenters. The molecule has 2 aromatic carbocycles. The maximum Gasteiger partial charge on any atom is 0.410 e. The molecule has 0 radical (unpaired) electrons. The third kappa shape index (κ3) is 6.26. The van der Waals surface area contributed by atoms with Crippen LogP contribution in [0.3, 0.4) is 0 Å². The van der Waals surface area contributed by atoms with Crippen LogP contribution >= 0.6 is 0 Å². The van der Waals surface area contributed by atoms with Gasteiger partial charge in [-0.1, -0.05) is 121 Å². The number of carbonyl (C=O) groups excluding carboxylic acids is 2. The van der Waals surface area contributed by atoms with Gasteiger partial charge in [0.15, 0.2) is 0 Å². The van der Waals surface area contributed by atoms with Gasteiger partial charge >= 0.3 is 12.1 Å². The molecule has 314 valence electrons. The molecular weight excluding hydrogens is 733 g/mol. The fourth-order valence-corrected chi connectivity index (χ4v) is 14.4. The monoisotopic (exact) mass is 799 g/mol. The van der Waals surface area contributed by atoms with Crippen molar-refractivity contribution in [1.82, 2.24) is 14.9 Å². The first kappa shape index (κ1) is 40.2. The van der Waals surface area contributed by atoms with E-state index in [0.717, 1.165) is 55.5 Å². The molecule has 1 amide bonds. The molecule has 1 aliphatic heterocycles. The fraction of sp³-hybridized carbons (Fsp3) is 0.608. The first-order valence-corrected chi connectivity index (χ1v) is 22.7. The SMILES string of the molecule is C[C@@H]1[C@H]2C3=CC[C@H]4[C@]5(C)Cc6c(N7CCN(C(=O)OCc8ccccc8)CC7)ncnc6C(C)(C)[C@H]5CC[C@]4(C)[C@]3(C)CC[C@@]2(C(=O)OCc2ccccc2)CC[C@@H]1C. The number of carbonyl (C=O) groups is 2. The number of rotatable bonds is 6. The van der Waals surface area contributed by atoms with Crippen LogP contribution in [0.5, 0.6) is 0 Å². The quantitative estimate of drug-likeness (QED) is 0.181. The smallest absolute Gasteiger partial charge is 0.410 e. The zero-order valence-corrected chi connectivity index (χ0v) is 36.6. The summed E-state index contributed by atoms with van der Waals surface area (Å²) in [7, 11) is 0. The van der Waals surface area contributed by atoms with Gasteiger partial charge in [-0.3, -0.25) is 4.79 Å². The Bertz CT molecular complexity index is 2100. The van der Waals surface area contributed by atoms with Gasteiger partial charge in [0.2, 0.25) is 0 Å². The Balaban J connectivity index is 0.995. The maximum absolute atomic E-state index is 14.6. The normalized spacial score (nSPS) is 35.8. The van der Waals surface area contributed by atoms with E-state index in [0.29, 0.717) is 56.5 Å². The van der Waals surface area contributed by atoms with Crippen molar-refractivity contribution >= 4 is 17.9 Å². The zero-order valence-electron chi connectivity index (χ0n) is 36.6. The summed E-state index contributed by atoms with van der Waals surface area (Å²) in [6.45, 7) is 20.8. The number of esters is 1. The molecule has 0 spiro atoms. The molecule has 5 aliphatic carbocycles. The molecule has 0 N–H and O–H groups in total. The number of ether oxygens (including phenoxy) is 2. The summed E-state index contributed by atoms with van der Waals surface area (Å²) >= 11 is 0. The van der Waals surface area contributed by atoms with Gasteiger partial charge in [0.05, 0.1) is 11.1 Å². The Morgan fingerprint density at radius 3 is 2.10 bits per heavy atom. The van der Waals surface area contributed by atoms with Gasteiger partial charge in [-0.05, 0) is 108 Å². The van der Waals surface area contributed by atoms with E-state index in [1.54, 1.807) is 11.9 Å². The minimum absolute atomic E-state index is 0.00498. The van der Waals surface area contributed by atoms with Crippen molar-refractivity contribution in [3.05, 3.63) is 101 Å². The number of hydrogen-bond donors (Lipinski definition) is 0. The number of fused-ring (bicyclic) bond motifs is 8. The van der Waals surface area contributed by atoms with Gasteiger partial charge in [-0.15, -0.1) is 0 Å². The summed E-state index contributed by atoms with van der Waals surface area (Å²) in [5.74, 6) is 3.22. The molecule has 59 heavy (non-hydrogen) atoms. The second-order valence-electron chi connectivity index (χ2n) is 20.8. The van der Waals surface area contributed by atoms with Crippen molar-refractivity contribution < 1.29 is 19.1 Å². The van der Waals surface area contributed by atoms with E-state index in [9.17, 15) is 9.59 Å². The number of piperazine rings is 1. The zero-order chi connectivity index (χ0) is 41.4. The number of anilines is 1. The third-order valence-electron chi connectivity index (χ3n) is 17.9. The topological polar surface area (TPSA) is 84.9 Å². The molecule has 9 rings (SSSR count). The van der Waals surface area contributed by atoms with Gasteiger partial charge in [-0.25, -0.2) is 14.8 Å². The Morgan fingerprint density at radius 1 is 0.763 bits per heavy atom. The lowest BCUT2D eigenvalue weighted by molar-refractivity contribution is -0.184. The Morgan fingerprint density at radius 2 is 1.42 bits per heavy atom. The minimum Gasteiger partial charge on any atom is -0.460 e. The highest BCUT2D eigenvalue weighted by Gasteiger charge is 2.70. The molecule has 4 fully saturated rings. The summed E-state index contributed by atoms with van der Waals surface area (Å²) in [6.07, 6.45) is 12.5. The van der Waals surface area contributed by atoms with Crippen LogP contribution in [-0.2, 0) is 39.3 Å². The molecule has 8 heteroatoms. The lowest BCUT2D eigenvalue weighted by Gasteiger charge is -2.71. The molecule has 1 aromatic heterocycles. The molecule has 1 saturated heterocycles. The van der Waals surface area contributed by atoms with E-state index < -0.39 is 5.41 Å². The highest BCUT2D eigenvalue weighted by atomic mass is 16.6. The van der Waals surface area contributed by atoms with Crippen molar-refractivity contribution in [2.45, 2.75) is 118 Å². The van der Waals surface area contributed by atoms with Crippen LogP contribution in [0.4, 0.5) is 10.6 Å². The van der Waals surface area contributed by atoms with E-state index >= 15 is 0 Å². The minimum atomic E-state index is -0.461. The van der Waals surface area contributed by atoms with Crippen molar-refractivity contribution in [3.63, 3.8) is 0 Å². The maximum atomic E-state index is 14.6. The summed E-state index contributed by atoms with van der Waals surface area (Å²) < 4.78 is 12.0. The van der Waals surface area contributed by atoms with Crippen molar-refractivity contribution in [3.8, 4) is 0 Å². The first-order valence-electron chi connectivity index (χ1n) is 22.7. The average molecular weight is 799 g/mol. The molecule has 0 unspecified atom stereocenters. The molecule has 6 aliphatic rings. The average Bonchev–Trinajstić information content (AvgIpc) is 3.24. The Labute approximate surface area is 352 Å². The molecule has 0 bridgehead atoms. The highest BCUT2D eigenvalue weighted by Crippen LogP contribution is 2.75. The number of nitrogens with zero attached hydrogens (tertiary/aromatic N) is 4. The van der Waals surface area contributed by atoms with Gasteiger partial charge < -0.3 is 19.3 Å². The van der Waals surface area contributed by atoms with E-state index in [1.165, 1.54) is 24.1 Å². The van der Waals surface area contributed by atoms with Crippen LogP contribution in [0.2, 0.25) is 0 Å². The summed E-state index contributed by atoms with van der Waals surface area (Å²) in [4.78, 5) is 42.0. The van der Waals surface area contributed by atoms with E-state index in [-0.39, 0.29) is 46.2 Å². The molecule has 2 heterocycles. The number of hydrogen-bond acceptors (Lipinski definition) is 7. The van der Waals surface area contributed by atoms with Crippen molar-refractivity contribution in [1.29, 1.82) is 0 Å². The largest absolute Gasteiger partial charge is 0.460 e. The molecule has 3 aromatic rings. The van der Waals surface area contributed by atoms with Crippen molar-refractivity contribution in [2.24, 2.45) is 51.2 Å². The van der Waals surface area contributed by atoms with Crippen LogP contribution in [0.25, 0.3) is 0 Å². The molecular formula is C51H66N4O4. The van der Waals surface area contributed by atoms with Crippen LogP contribution in [-0.4, -0.2) is 53.1 Å². The van der Waals surface area contributed by atoms with Gasteiger partial charge in [-0.2, -0.15) is 0 Å². The summed E-state index contributed by atoms with van der Waals surface area (Å²) in [6, 6.07) is 20.0. The standard InChI is InChI=1S/C51H66N4O4/c1-34-20-23-51(45(56)58-31-36-14-10-8-11-15-36)25-24-49(6)39(42(51)35(34)2)18-19-41-48(5)30-38-43(47(3,4)40(48)21-22-50(41,49)7)52-33-53-44(38)54-26-28-55(29-27-54)46(57)59-32-37-16-12-9-13-17-37/h8-18,33-35,40-42H,19-32H2,1-7H3/t34-,35-,40+,41-,42-,48+,49+,50-,51-/m0/s1. The number of allylic oxidation sites excluding steroid dienone is 2. The number of aromatic nitrogens is 2. The fourth-order valence-electron chi connectivity index (χ4n) is 14.4. The van der Waals surface area contributed by atoms with Gasteiger partial charge in [0, 0.05) is 37.2 Å². The van der Waals surface area contributed by atoms with Gasteiger partial charge in [0.25, 0.3) is 0 Å². The lowest BCUT2D eigenvalue weighted by atomic mass is 9.33. The van der Waals surface area contributed by atoms with E-state index in [1.807, 2.05) is 53.4 Å². The van der Waals surface area contributed by atoms with Crippen molar-refractivity contribution in [2.75, 3.05) is 31.1 Å². The van der Waals surface area contributed by atoms with E-state index in [4.69, 9.17) is 19.4 Å². The predicted molar refractivity (Wildman–Crippen MR) is 231 cm³/mol. The predicted octanol–water partition coefficient (Wildman–Crippen LogP) is 10.4. The molecule has 8 nitrogen and oxygen atoms in total. The van der Waals surface area contributed by atoms with Crippen LogP contribution in [0.15, 0.2) is 78.6 Å². The number of amides is 1. The number of benzene rings is 2. The Hall–Kier alpha value is -4.20. The lowest BCUT2D eigenvalue weighted by Crippen LogP contribution is -2.65. The highest BCUT2D eigenvalue weighted by molar-refractivity contribution is 5.79. The summed E-state index contributed by atoms with van der Waals surface area (Å²) in [5.41, 5.74) is 5.66. The molecule has 3 saturated carbocycles. The third-order valence-corrected chi connectivity index (χ3v) is 17.9.